The molecule has 0 heterocycles. The van der Waals surface area contributed by atoms with E-state index in [1.54, 1.807) is 25.8 Å². The van der Waals surface area contributed by atoms with Gasteiger partial charge < -0.3 is 9.64 Å². The number of rotatable bonds is 5. The average Bonchev–Trinajstić information content (AvgIpc) is 2.60. The molecule has 2 rings (SSSR count). The largest absolute Gasteiger partial charge is 0.449 e. The van der Waals surface area contributed by atoms with Crippen LogP contribution in [0.4, 0.5) is 5.69 Å². The zero-order chi connectivity index (χ0) is 18.6. The number of hydrogen-bond donors (Lipinski definition) is 0. The lowest BCUT2D eigenvalue weighted by Gasteiger charge is -2.32. The molecular formula is C18H24N2O5. The highest BCUT2D eigenvalue weighted by Crippen LogP contribution is 2.23. The van der Waals surface area contributed by atoms with Crippen molar-refractivity contribution in [2.75, 3.05) is 7.05 Å². The number of carbonyl (C=O) groups excluding carboxylic acids is 2. The standard InChI is InChI=1S/C18H24N2O5/c1-12-11-14(9-10-16(12)20(23)24)18(22)25-13(2)17(21)19(3)15-7-5-4-6-8-15/h9-11,13,15H,4-8H2,1-3H3/t13-/m0/s1. The number of amides is 1. The molecule has 1 fully saturated rings. The third kappa shape index (κ3) is 4.55. The van der Waals surface area contributed by atoms with E-state index >= 15 is 0 Å². The van der Waals surface area contributed by atoms with Gasteiger partial charge in [0.05, 0.1) is 10.5 Å². The first-order chi connectivity index (χ1) is 11.8. The van der Waals surface area contributed by atoms with Crippen LogP contribution < -0.4 is 0 Å². The van der Waals surface area contributed by atoms with Gasteiger partial charge in [0.25, 0.3) is 11.6 Å². The molecule has 0 radical (unpaired) electrons. The van der Waals surface area contributed by atoms with E-state index in [4.69, 9.17) is 4.74 Å². The number of aryl methyl sites for hydroxylation is 1. The zero-order valence-electron chi connectivity index (χ0n) is 14.9. The lowest BCUT2D eigenvalue weighted by atomic mass is 9.94. The molecule has 1 aromatic rings. The van der Waals surface area contributed by atoms with Crippen LogP contribution in [0.3, 0.4) is 0 Å². The molecule has 1 amide bonds. The number of hydrogen-bond acceptors (Lipinski definition) is 5. The molecule has 1 saturated carbocycles. The molecule has 0 unspecified atom stereocenters. The molecule has 0 bridgehead atoms. The summed E-state index contributed by atoms with van der Waals surface area (Å²) in [5.74, 6) is -0.880. The van der Waals surface area contributed by atoms with Crippen molar-refractivity contribution < 1.29 is 19.2 Å². The van der Waals surface area contributed by atoms with E-state index in [0.29, 0.717) is 5.56 Å². The summed E-state index contributed by atoms with van der Waals surface area (Å²) in [6.45, 7) is 3.11. The molecule has 0 spiro atoms. The third-order valence-electron chi connectivity index (χ3n) is 4.73. The van der Waals surface area contributed by atoms with E-state index in [0.717, 1.165) is 25.7 Å². The highest BCUT2D eigenvalue weighted by molar-refractivity contribution is 5.92. The van der Waals surface area contributed by atoms with E-state index in [1.165, 1.54) is 24.6 Å². The van der Waals surface area contributed by atoms with Crippen molar-refractivity contribution in [1.82, 2.24) is 4.90 Å². The predicted octanol–water partition coefficient (Wildman–Crippen LogP) is 3.24. The highest BCUT2D eigenvalue weighted by Gasteiger charge is 2.28. The Hall–Kier alpha value is -2.44. The molecular weight excluding hydrogens is 324 g/mol. The number of nitro groups is 1. The highest BCUT2D eigenvalue weighted by atomic mass is 16.6. The fourth-order valence-electron chi connectivity index (χ4n) is 3.20. The Morgan fingerprint density at radius 3 is 2.48 bits per heavy atom. The molecule has 136 valence electrons. The number of nitrogens with zero attached hydrogens (tertiary/aromatic N) is 2. The maximum absolute atomic E-state index is 12.5. The summed E-state index contributed by atoms with van der Waals surface area (Å²) in [7, 11) is 1.75. The first kappa shape index (κ1) is 18.9. The van der Waals surface area contributed by atoms with Gasteiger partial charge in [-0.3, -0.25) is 14.9 Å². The predicted molar refractivity (Wildman–Crippen MR) is 92.4 cm³/mol. The van der Waals surface area contributed by atoms with Gasteiger partial charge in [0.15, 0.2) is 6.10 Å². The quantitative estimate of drug-likeness (QED) is 0.463. The summed E-state index contributed by atoms with van der Waals surface area (Å²) in [6, 6.07) is 4.22. The Morgan fingerprint density at radius 1 is 1.28 bits per heavy atom. The van der Waals surface area contributed by atoms with Gasteiger partial charge in [-0.2, -0.15) is 0 Å². The van der Waals surface area contributed by atoms with Gasteiger partial charge >= 0.3 is 5.97 Å². The molecule has 1 aliphatic carbocycles. The Bertz CT molecular complexity index is 667. The van der Waals surface area contributed by atoms with Crippen LogP contribution in [-0.2, 0) is 9.53 Å². The van der Waals surface area contributed by atoms with Crippen molar-refractivity contribution in [3.8, 4) is 0 Å². The molecule has 7 heteroatoms. The topological polar surface area (TPSA) is 89.8 Å². The second-order valence-corrected chi connectivity index (χ2v) is 6.55. The van der Waals surface area contributed by atoms with Crippen molar-refractivity contribution in [1.29, 1.82) is 0 Å². The summed E-state index contributed by atoms with van der Waals surface area (Å²) in [5.41, 5.74) is 0.513. The minimum atomic E-state index is -0.894. The fourth-order valence-corrected chi connectivity index (χ4v) is 3.20. The van der Waals surface area contributed by atoms with Gasteiger partial charge in [-0.25, -0.2) is 4.79 Å². The molecule has 0 N–H and O–H groups in total. The number of nitro benzene ring substituents is 1. The summed E-state index contributed by atoms with van der Waals surface area (Å²) >= 11 is 0. The second-order valence-electron chi connectivity index (χ2n) is 6.55. The van der Waals surface area contributed by atoms with Crippen molar-refractivity contribution >= 4 is 17.6 Å². The van der Waals surface area contributed by atoms with Gasteiger partial charge in [0.1, 0.15) is 0 Å². The Morgan fingerprint density at radius 2 is 1.92 bits per heavy atom. The molecule has 0 saturated heterocycles. The second kappa shape index (κ2) is 8.09. The third-order valence-corrected chi connectivity index (χ3v) is 4.73. The van der Waals surface area contributed by atoms with Crippen molar-refractivity contribution in [2.24, 2.45) is 0 Å². The minimum Gasteiger partial charge on any atom is -0.449 e. The number of carbonyl (C=O) groups is 2. The van der Waals surface area contributed by atoms with Crippen LogP contribution in [0, 0.1) is 17.0 Å². The number of likely N-dealkylation sites (N-methyl/N-ethyl adjacent to an activating group) is 1. The van der Waals surface area contributed by atoms with E-state index in [-0.39, 0.29) is 23.2 Å². The minimum absolute atomic E-state index is 0.0577. The molecule has 1 aliphatic rings. The summed E-state index contributed by atoms with van der Waals surface area (Å²) in [5, 5.41) is 10.8. The van der Waals surface area contributed by atoms with Gasteiger partial charge in [0.2, 0.25) is 0 Å². The Balaban J connectivity index is 2.00. The Kier molecular flexibility index (Phi) is 6.12. The molecule has 1 atom stereocenters. The zero-order valence-corrected chi connectivity index (χ0v) is 14.9. The lowest BCUT2D eigenvalue weighted by molar-refractivity contribution is -0.385. The molecule has 0 aromatic heterocycles. The first-order valence-corrected chi connectivity index (χ1v) is 8.54. The van der Waals surface area contributed by atoms with Crippen LogP contribution in [0.15, 0.2) is 18.2 Å². The van der Waals surface area contributed by atoms with Crippen LogP contribution in [0.2, 0.25) is 0 Å². The van der Waals surface area contributed by atoms with Crippen molar-refractivity contribution in [3.63, 3.8) is 0 Å². The van der Waals surface area contributed by atoms with Crippen LogP contribution >= 0.6 is 0 Å². The Labute approximate surface area is 147 Å². The number of esters is 1. The van der Waals surface area contributed by atoms with E-state index in [1.807, 2.05) is 0 Å². The lowest BCUT2D eigenvalue weighted by Crippen LogP contribution is -2.44. The monoisotopic (exact) mass is 348 g/mol. The fraction of sp³-hybridized carbons (Fsp3) is 0.556. The van der Waals surface area contributed by atoms with E-state index in [9.17, 15) is 19.7 Å². The van der Waals surface area contributed by atoms with E-state index in [2.05, 4.69) is 0 Å². The van der Waals surface area contributed by atoms with Gasteiger partial charge in [-0.05, 0) is 38.8 Å². The van der Waals surface area contributed by atoms with Crippen LogP contribution in [0.5, 0.6) is 0 Å². The number of ether oxygens (including phenoxy) is 1. The molecule has 0 aliphatic heterocycles. The van der Waals surface area contributed by atoms with Crippen LogP contribution in [-0.4, -0.2) is 40.9 Å². The summed E-state index contributed by atoms with van der Waals surface area (Å²) in [6.07, 6.45) is 4.48. The average molecular weight is 348 g/mol. The molecule has 25 heavy (non-hydrogen) atoms. The smallest absolute Gasteiger partial charge is 0.338 e. The maximum atomic E-state index is 12.5. The van der Waals surface area contributed by atoms with Crippen molar-refractivity contribution in [3.05, 3.63) is 39.4 Å². The van der Waals surface area contributed by atoms with Crippen LogP contribution in [0.25, 0.3) is 0 Å². The SMILES string of the molecule is Cc1cc(C(=O)O[C@@H](C)C(=O)N(C)C2CCCCC2)ccc1[N+](=O)[O-]. The van der Waals surface area contributed by atoms with Gasteiger partial charge in [0, 0.05) is 24.7 Å². The summed E-state index contributed by atoms with van der Waals surface area (Å²) < 4.78 is 5.27. The normalized spacial score (nSPS) is 16.1. The van der Waals surface area contributed by atoms with Gasteiger partial charge in [-0.15, -0.1) is 0 Å². The van der Waals surface area contributed by atoms with Crippen LogP contribution in [0.1, 0.15) is 54.9 Å². The van der Waals surface area contributed by atoms with Crippen molar-refractivity contribution in [2.45, 2.75) is 58.1 Å². The van der Waals surface area contributed by atoms with Gasteiger partial charge in [-0.1, -0.05) is 19.3 Å². The number of benzene rings is 1. The first-order valence-electron chi connectivity index (χ1n) is 8.54. The molecule has 7 nitrogen and oxygen atoms in total. The van der Waals surface area contributed by atoms with E-state index < -0.39 is 17.0 Å². The molecule has 1 aromatic carbocycles. The maximum Gasteiger partial charge on any atom is 0.338 e. The summed E-state index contributed by atoms with van der Waals surface area (Å²) in [4.78, 5) is 36.7.